The van der Waals surface area contributed by atoms with Gasteiger partial charge in [0.15, 0.2) is 19.7 Å². The third kappa shape index (κ3) is 4.66. The van der Waals surface area contributed by atoms with Crippen molar-refractivity contribution in [3.05, 3.63) is 0 Å². The van der Waals surface area contributed by atoms with Crippen LogP contribution in [0.4, 0.5) is 0 Å². The first kappa shape index (κ1) is 19.6. The van der Waals surface area contributed by atoms with Crippen molar-refractivity contribution in [2.75, 3.05) is 11.5 Å². The molecule has 0 amide bonds. The lowest BCUT2D eigenvalue weighted by atomic mass is 10.0. The highest BCUT2D eigenvalue weighted by Gasteiger charge is 2.46. The van der Waals surface area contributed by atoms with Gasteiger partial charge in [0, 0.05) is 10.5 Å². The van der Waals surface area contributed by atoms with Crippen molar-refractivity contribution in [3.63, 3.8) is 0 Å². The molecule has 2 aliphatic heterocycles. The molecule has 2 rings (SSSR count). The van der Waals surface area contributed by atoms with E-state index in [2.05, 4.69) is 27.7 Å². The summed E-state index contributed by atoms with van der Waals surface area (Å²) >= 11 is 1.66. The molecule has 4 nitrogen and oxygen atoms in total. The minimum Gasteiger partial charge on any atom is -0.229 e. The summed E-state index contributed by atoms with van der Waals surface area (Å²) in [5.41, 5.74) is 0. The van der Waals surface area contributed by atoms with Crippen molar-refractivity contribution in [2.45, 2.75) is 74.4 Å². The monoisotopic (exact) mass is 382 g/mol. The van der Waals surface area contributed by atoms with Gasteiger partial charge in [-0.2, -0.15) is 11.8 Å². The van der Waals surface area contributed by atoms with Gasteiger partial charge < -0.3 is 0 Å². The van der Waals surface area contributed by atoms with Gasteiger partial charge in [0.25, 0.3) is 0 Å². The lowest BCUT2D eigenvalue weighted by Crippen LogP contribution is -2.31. The van der Waals surface area contributed by atoms with Crippen LogP contribution in [0.25, 0.3) is 0 Å². The zero-order chi connectivity index (χ0) is 17.4. The van der Waals surface area contributed by atoms with E-state index >= 15 is 0 Å². The summed E-state index contributed by atoms with van der Waals surface area (Å²) in [6, 6.07) is 0. The SMILES string of the molecule is CC(C)CC1C(SC2CCS(=O)(=O)C2CC(C)C)CCS1(=O)=O. The van der Waals surface area contributed by atoms with Gasteiger partial charge in [-0.1, -0.05) is 27.7 Å². The van der Waals surface area contributed by atoms with Crippen LogP contribution in [0.2, 0.25) is 0 Å². The topological polar surface area (TPSA) is 68.3 Å². The second-order valence-electron chi connectivity index (χ2n) is 7.86. The van der Waals surface area contributed by atoms with Crippen LogP contribution in [0.15, 0.2) is 0 Å². The van der Waals surface area contributed by atoms with E-state index < -0.39 is 19.7 Å². The second-order valence-corrected chi connectivity index (χ2v) is 14.0. The maximum atomic E-state index is 12.3. The molecular formula is C16H30O4S3. The maximum absolute atomic E-state index is 12.3. The molecule has 0 saturated carbocycles. The molecule has 0 aliphatic carbocycles. The van der Waals surface area contributed by atoms with Crippen molar-refractivity contribution >= 4 is 31.4 Å². The molecule has 2 aliphatic rings. The zero-order valence-electron chi connectivity index (χ0n) is 14.6. The summed E-state index contributed by atoms with van der Waals surface area (Å²) in [5.74, 6) is 1.21. The predicted molar refractivity (Wildman–Crippen MR) is 98.5 cm³/mol. The molecule has 4 unspecified atom stereocenters. The second kappa shape index (κ2) is 7.24. The van der Waals surface area contributed by atoms with Gasteiger partial charge in [0.2, 0.25) is 0 Å². The van der Waals surface area contributed by atoms with E-state index in [-0.39, 0.29) is 32.5 Å². The Balaban J connectivity index is 2.13. The van der Waals surface area contributed by atoms with Gasteiger partial charge >= 0.3 is 0 Å². The first-order chi connectivity index (χ1) is 10.5. The highest BCUT2D eigenvalue weighted by atomic mass is 32.2. The summed E-state index contributed by atoms with van der Waals surface area (Å²) in [6.07, 6.45) is 2.73. The highest BCUT2D eigenvalue weighted by Crippen LogP contribution is 2.43. The first-order valence-corrected chi connectivity index (χ1v) is 13.0. The molecule has 0 aromatic carbocycles. The Hall–Kier alpha value is 0.250. The quantitative estimate of drug-likeness (QED) is 0.706. The summed E-state index contributed by atoms with van der Waals surface area (Å²) in [5, 5.41) is -0.461. The average molecular weight is 383 g/mol. The van der Waals surface area contributed by atoms with Crippen molar-refractivity contribution in [1.82, 2.24) is 0 Å². The summed E-state index contributed by atoms with van der Waals surface area (Å²) in [6.45, 7) is 8.21. The van der Waals surface area contributed by atoms with E-state index in [0.29, 0.717) is 37.5 Å². The molecule has 7 heteroatoms. The summed E-state index contributed by atoms with van der Waals surface area (Å²) < 4.78 is 49.3. The van der Waals surface area contributed by atoms with Crippen LogP contribution < -0.4 is 0 Å². The van der Waals surface area contributed by atoms with Crippen LogP contribution in [0, 0.1) is 11.8 Å². The fraction of sp³-hybridized carbons (Fsp3) is 1.00. The largest absolute Gasteiger partial charge is 0.229 e. The molecule has 23 heavy (non-hydrogen) atoms. The Morgan fingerprint density at radius 1 is 0.783 bits per heavy atom. The molecule has 2 saturated heterocycles. The van der Waals surface area contributed by atoms with Gasteiger partial charge in [-0.05, 0) is 37.5 Å². The molecule has 0 aromatic heterocycles. The molecule has 136 valence electrons. The van der Waals surface area contributed by atoms with Crippen molar-refractivity contribution < 1.29 is 16.8 Å². The number of hydrogen-bond donors (Lipinski definition) is 0. The summed E-state index contributed by atoms with van der Waals surface area (Å²) in [7, 11) is -6.03. The van der Waals surface area contributed by atoms with E-state index in [1.807, 2.05) is 0 Å². The zero-order valence-corrected chi connectivity index (χ0v) is 17.0. The third-order valence-corrected chi connectivity index (χ3v) is 11.6. The van der Waals surface area contributed by atoms with Gasteiger partial charge in [0.05, 0.1) is 22.0 Å². The molecule has 4 atom stereocenters. The molecular weight excluding hydrogens is 352 g/mol. The van der Waals surface area contributed by atoms with Crippen LogP contribution in [0.5, 0.6) is 0 Å². The lowest BCUT2D eigenvalue weighted by Gasteiger charge is -2.26. The molecule has 0 bridgehead atoms. The van der Waals surface area contributed by atoms with Crippen molar-refractivity contribution in [2.24, 2.45) is 11.8 Å². The van der Waals surface area contributed by atoms with Gasteiger partial charge in [-0.3, -0.25) is 0 Å². The Bertz CT molecular complexity index is 553. The molecule has 0 spiro atoms. The van der Waals surface area contributed by atoms with E-state index in [9.17, 15) is 16.8 Å². The smallest absolute Gasteiger partial charge is 0.154 e. The Labute approximate surface area is 146 Å². The average Bonchev–Trinajstić information content (AvgIpc) is 2.82. The van der Waals surface area contributed by atoms with E-state index in [0.717, 1.165) is 0 Å². The van der Waals surface area contributed by atoms with E-state index in [1.165, 1.54) is 0 Å². The predicted octanol–water partition coefficient (Wildman–Crippen LogP) is 2.92. The third-order valence-electron chi connectivity index (χ3n) is 4.88. The molecule has 2 fully saturated rings. The van der Waals surface area contributed by atoms with Crippen LogP contribution in [0.1, 0.15) is 53.4 Å². The fourth-order valence-electron chi connectivity index (χ4n) is 3.76. The number of thioether (sulfide) groups is 1. The molecule has 2 heterocycles. The van der Waals surface area contributed by atoms with Crippen LogP contribution >= 0.6 is 11.8 Å². The van der Waals surface area contributed by atoms with Crippen molar-refractivity contribution in [3.8, 4) is 0 Å². The van der Waals surface area contributed by atoms with Crippen LogP contribution in [0.3, 0.4) is 0 Å². The molecule has 0 N–H and O–H groups in total. The highest BCUT2D eigenvalue weighted by molar-refractivity contribution is 8.04. The normalized spacial score (nSPS) is 36.1. The first-order valence-electron chi connectivity index (χ1n) is 8.61. The van der Waals surface area contributed by atoms with Gasteiger partial charge in [-0.15, -0.1) is 0 Å². The molecule has 0 radical (unpaired) electrons. The standard InChI is InChI=1S/C16H30O4S3/c1-11(2)9-15-13(5-7-22(15,17)18)21-14-6-8-23(19,20)16(14)10-12(3)4/h11-16H,5-10H2,1-4H3. The van der Waals surface area contributed by atoms with Crippen LogP contribution in [-0.2, 0) is 19.7 Å². The maximum Gasteiger partial charge on any atom is 0.154 e. The van der Waals surface area contributed by atoms with Gasteiger partial charge in [-0.25, -0.2) is 16.8 Å². The number of rotatable bonds is 6. The number of hydrogen-bond acceptors (Lipinski definition) is 5. The summed E-state index contributed by atoms with van der Waals surface area (Å²) in [4.78, 5) is 0. The fourth-order valence-corrected chi connectivity index (χ4v) is 11.3. The Kier molecular flexibility index (Phi) is 6.16. The van der Waals surface area contributed by atoms with Crippen molar-refractivity contribution in [1.29, 1.82) is 0 Å². The number of sulfone groups is 2. The van der Waals surface area contributed by atoms with Gasteiger partial charge in [0.1, 0.15) is 0 Å². The Morgan fingerprint density at radius 3 is 1.43 bits per heavy atom. The van der Waals surface area contributed by atoms with E-state index in [1.54, 1.807) is 11.8 Å². The minimum atomic E-state index is -3.01. The van der Waals surface area contributed by atoms with E-state index in [4.69, 9.17) is 0 Å². The Morgan fingerprint density at radius 2 is 1.13 bits per heavy atom. The molecule has 0 aromatic rings. The lowest BCUT2D eigenvalue weighted by molar-refractivity contribution is 0.525. The minimum absolute atomic E-state index is 0.0652. The van der Waals surface area contributed by atoms with Crippen LogP contribution in [-0.4, -0.2) is 49.3 Å².